The fraction of sp³-hybridized carbons (Fsp3) is 0.684. The molecule has 0 radical (unpaired) electrons. The van der Waals surface area contributed by atoms with E-state index < -0.39 is 74.6 Å². The molecule has 1 aromatic carbocycles. The van der Waals surface area contributed by atoms with Crippen LogP contribution in [0.1, 0.15) is 5.56 Å². The van der Waals surface area contributed by atoms with Crippen LogP contribution in [0.4, 0.5) is 0 Å². The van der Waals surface area contributed by atoms with E-state index in [4.69, 9.17) is 14.2 Å². The van der Waals surface area contributed by atoms with Crippen molar-refractivity contribution in [1.29, 1.82) is 0 Å². The minimum atomic E-state index is -1.61. The summed E-state index contributed by atoms with van der Waals surface area (Å²) in [4.78, 5) is 0. The van der Waals surface area contributed by atoms with E-state index in [-0.39, 0.29) is 0 Å². The first kappa shape index (κ1) is 23.4. The quantitative estimate of drug-likeness (QED) is 0.214. The molecule has 2 aliphatic heterocycles. The second kappa shape index (κ2) is 10.4. The van der Waals surface area contributed by atoms with Gasteiger partial charge in [0.15, 0.2) is 12.6 Å². The zero-order valence-electron chi connectivity index (χ0n) is 16.1. The zero-order chi connectivity index (χ0) is 21.8. The van der Waals surface area contributed by atoms with Crippen LogP contribution < -0.4 is 5.32 Å². The van der Waals surface area contributed by atoms with Crippen LogP contribution in [0, 0.1) is 0 Å². The monoisotopic (exact) mass is 431 g/mol. The Kier molecular flexibility index (Phi) is 8.12. The third-order valence-corrected chi connectivity index (χ3v) is 5.38. The molecule has 0 aliphatic carbocycles. The van der Waals surface area contributed by atoms with Gasteiger partial charge in [0.2, 0.25) is 0 Å². The summed E-state index contributed by atoms with van der Waals surface area (Å²) in [6.45, 7) is -0.676. The molecular weight excluding hydrogens is 402 g/mol. The lowest BCUT2D eigenvalue weighted by Crippen LogP contribution is -2.64. The summed E-state index contributed by atoms with van der Waals surface area (Å²) in [5.41, 5.74) is 0.916. The largest absolute Gasteiger partial charge is 0.394 e. The highest BCUT2D eigenvalue weighted by Crippen LogP contribution is 2.25. The van der Waals surface area contributed by atoms with Crippen LogP contribution in [-0.2, 0) is 20.8 Å². The topological polar surface area (TPSA) is 181 Å². The van der Waals surface area contributed by atoms with Crippen molar-refractivity contribution in [3.63, 3.8) is 0 Å². The number of ether oxygens (including phenoxy) is 3. The summed E-state index contributed by atoms with van der Waals surface area (Å²) in [6, 6.07) is 8.33. The van der Waals surface area contributed by atoms with Crippen molar-refractivity contribution in [2.45, 2.75) is 67.9 Å². The summed E-state index contributed by atoms with van der Waals surface area (Å²) in [7, 11) is 0. The minimum Gasteiger partial charge on any atom is -0.394 e. The smallest absolute Gasteiger partial charge is 0.186 e. The maximum Gasteiger partial charge on any atom is 0.186 e. The Balaban J connectivity index is 1.54. The fourth-order valence-electron chi connectivity index (χ4n) is 3.53. The van der Waals surface area contributed by atoms with E-state index in [0.717, 1.165) is 5.56 Å². The molecule has 2 fully saturated rings. The van der Waals surface area contributed by atoms with Crippen LogP contribution in [0.3, 0.4) is 0 Å². The van der Waals surface area contributed by atoms with Gasteiger partial charge in [-0.1, -0.05) is 30.3 Å². The highest BCUT2D eigenvalue weighted by molar-refractivity contribution is 5.14. The highest BCUT2D eigenvalue weighted by Gasteiger charge is 2.47. The third kappa shape index (κ3) is 5.15. The van der Waals surface area contributed by atoms with Crippen molar-refractivity contribution in [2.75, 3.05) is 13.2 Å². The molecule has 10 atom stereocenters. The van der Waals surface area contributed by atoms with Gasteiger partial charge in [-0.25, -0.2) is 0 Å². The number of aliphatic hydroxyl groups is 7. The van der Waals surface area contributed by atoms with Crippen molar-refractivity contribution in [3.05, 3.63) is 35.9 Å². The summed E-state index contributed by atoms with van der Waals surface area (Å²) in [5.74, 6) is 0. The van der Waals surface area contributed by atoms with Gasteiger partial charge in [0, 0.05) is 6.54 Å². The van der Waals surface area contributed by atoms with Crippen LogP contribution in [0.5, 0.6) is 0 Å². The van der Waals surface area contributed by atoms with Crippen molar-refractivity contribution in [3.8, 4) is 0 Å². The average Bonchev–Trinajstić information content (AvgIpc) is 2.75. The van der Waals surface area contributed by atoms with E-state index in [0.29, 0.717) is 6.54 Å². The van der Waals surface area contributed by atoms with E-state index in [2.05, 4.69) is 5.32 Å². The standard InChI is InChI=1S/C19H29NO10/c21-7-10-13(22)16(25)17(26)19(30-10)28-8-11-14(23)15(24)12(18(27)29-11)20-6-9-4-2-1-3-5-9/h1-5,10-27H,6-8H2/t10?,11?,12-,13+,14+,15?,16?,17-,18+,19-/m0/s1. The molecule has 1 aromatic rings. The van der Waals surface area contributed by atoms with Gasteiger partial charge in [0.1, 0.15) is 42.7 Å². The van der Waals surface area contributed by atoms with Crippen LogP contribution in [0.15, 0.2) is 30.3 Å². The predicted molar refractivity (Wildman–Crippen MR) is 99.7 cm³/mol. The number of benzene rings is 1. The number of nitrogens with one attached hydrogen (secondary N) is 1. The summed E-state index contributed by atoms with van der Waals surface area (Å²) in [5, 5.41) is 72.7. The molecule has 11 nitrogen and oxygen atoms in total. The molecule has 0 bridgehead atoms. The number of aliphatic hydroxyl groups excluding tert-OH is 7. The molecule has 3 rings (SSSR count). The van der Waals surface area contributed by atoms with Crippen molar-refractivity contribution >= 4 is 0 Å². The molecule has 0 amide bonds. The van der Waals surface area contributed by atoms with Crippen molar-refractivity contribution in [1.82, 2.24) is 5.32 Å². The van der Waals surface area contributed by atoms with Gasteiger partial charge in [-0.05, 0) is 5.56 Å². The van der Waals surface area contributed by atoms with E-state index >= 15 is 0 Å². The molecule has 2 aliphatic rings. The Morgan fingerprint density at radius 1 is 0.800 bits per heavy atom. The molecule has 2 heterocycles. The first-order chi connectivity index (χ1) is 14.3. The normalized spacial score (nSPS) is 42.2. The van der Waals surface area contributed by atoms with Crippen LogP contribution >= 0.6 is 0 Å². The molecule has 0 spiro atoms. The Bertz CT molecular complexity index is 649. The Labute approximate surface area is 173 Å². The van der Waals surface area contributed by atoms with Gasteiger partial charge in [0.05, 0.1) is 19.3 Å². The van der Waals surface area contributed by atoms with Gasteiger partial charge in [-0.3, -0.25) is 0 Å². The molecule has 0 aromatic heterocycles. The van der Waals surface area contributed by atoms with E-state index in [1.54, 1.807) is 0 Å². The second-order valence-electron chi connectivity index (χ2n) is 7.47. The maximum absolute atomic E-state index is 10.4. The van der Waals surface area contributed by atoms with E-state index in [9.17, 15) is 35.7 Å². The minimum absolute atomic E-state index is 0.335. The van der Waals surface area contributed by atoms with Crippen LogP contribution in [0.2, 0.25) is 0 Å². The Morgan fingerprint density at radius 3 is 2.13 bits per heavy atom. The average molecular weight is 431 g/mol. The van der Waals surface area contributed by atoms with E-state index in [1.807, 2.05) is 30.3 Å². The Morgan fingerprint density at radius 2 is 1.47 bits per heavy atom. The number of hydrogen-bond acceptors (Lipinski definition) is 11. The summed E-state index contributed by atoms with van der Waals surface area (Å²) < 4.78 is 15.9. The lowest BCUT2D eigenvalue weighted by molar-refractivity contribution is -0.318. The molecule has 8 N–H and O–H groups in total. The predicted octanol–water partition coefficient (Wildman–Crippen LogP) is -3.60. The van der Waals surface area contributed by atoms with Crippen LogP contribution in [0.25, 0.3) is 0 Å². The highest BCUT2D eigenvalue weighted by atomic mass is 16.7. The third-order valence-electron chi connectivity index (χ3n) is 5.38. The van der Waals surface area contributed by atoms with Gasteiger partial charge in [-0.15, -0.1) is 0 Å². The second-order valence-corrected chi connectivity index (χ2v) is 7.47. The van der Waals surface area contributed by atoms with Crippen LogP contribution in [-0.4, -0.2) is 110 Å². The number of hydrogen-bond donors (Lipinski definition) is 8. The molecule has 4 unspecified atom stereocenters. The van der Waals surface area contributed by atoms with Gasteiger partial charge in [0.25, 0.3) is 0 Å². The maximum atomic E-state index is 10.4. The number of rotatable bonds is 7. The molecule has 30 heavy (non-hydrogen) atoms. The summed E-state index contributed by atoms with van der Waals surface area (Å²) in [6.07, 6.45) is -12.7. The molecule has 0 saturated carbocycles. The lowest BCUT2D eigenvalue weighted by Gasteiger charge is -2.43. The summed E-state index contributed by atoms with van der Waals surface area (Å²) >= 11 is 0. The van der Waals surface area contributed by atoms with Gasteiger partial charge < -0.3 is 55.3 Å². The SMILES string of the molecule is OCC1O[C@H](OCC2O[C@@H](O)[C@@H](NCc3ccccc3)C(O)[C@@H]2O)[C@@H](O)C(O)[C@@H]1O. The molecular formula is C19H29NO10. The fourth-order valence-corrected chi connectivity index (χ4v) is 3.53. The van der Waals surface area contributed by atoms with Gasteiger partial charge >= 0.3 is 0 Å². The molecule has 170 valence electrons. The Hall–Kier alpha value is -1.22. The van der Waals surface area contributed by atoms with Crippen molar-refractivity contribution < 1.29 is 50.0 Å². The first-order valence-corrected chi connectivity index (χ1v) is 9.72. The molecule has 2 saturated heterocycles. The zero-order valence-corrected chi connectivity index (χ0v) is 16.1. The van der Waals surface area contributed by atoms with E-state index in [1.165, 1.54) is 0 Å². The van der Waals surface area contributed by atoms with Crippen molar-refractivity contribution in [2.24, 2.45) is 0 Å². The molecule has 11 heteroatoms. The lowest BCUT2D eigenvalue weighted by atomic mass is 9.96. The van der Waals surface area contributed by atoms with Gasteiger partial charge in [-0.2, -0.15) is 0 Å². The first-order valence-electron chi connectivity index (χ1n) is 9.72.